The molecule has 1 aliphatic carbocycles. The zero-order valence-electron chi connectivity index (χ0n) is 17.9. The van der Waals surface area contributed by atoms with Crippen molar-refractivity contribution in [3.05, 3.63) is 93.7 Å². The van der Waals surface area contributed by atoms with E-state index in [9.17, 15) is 9.59 Å². The average molecular weight is 428 g/mol. The van der Waals surface area contributed by atoms with E-state index in [0.29, 0.717) is 23.3 Å². The van der Waals surface area contributed by atoms with Crippen LogP contribution < -0.4 is 15.6 Å². The summed E-state index contributed by atoms with van der Waals surface area (Å²) in [6.45, 7) is 0.440. The van der Waals surface area contributed by atoms with Crippen LogP contribution in [0.25, 0.3) is 5.52 Å². The molecule has 0 fully saturated rings. The third-order valence-corrected chi connectivity index (χ3v) is 5.95. The maximum atomic E-state index is 13.1. The average Bonchev–Trinajstić information content (AvgIpc) is 3.21. The Morgan fingerprint density at radius 2 is 1.78 bits per heavy atom. The molecular formula is C25H24N4O3. The van der Waals surface area contributed by atoms with Crippen molar-refractivity contribution in [3.8, 4) is 5.75 Å². The van der Waals surface area contributed by atoms with E-state index >= 15 is 0 Å². The van der Waals surface area contributed by atoms with E-state index in [2.05, 4.69) is 10.4 Å². The summed E-state index contributed by atoms with van der Waals surface area (Å²) >= 11 is 0. The normalized spacial score (nSPS) is 13.0. The molecule has 0 bridgehead atoms. The number of methoxy groups -OCH3 is 1. The second-order valence-electron chi connectivity index (χ2n) is 8.04. The molecule has 162 valence electrons. The Balaban J connectivity index is 1.33. The molecule has 1 amide bonds. The van der Waals surface area contributed by atoms with Gasteiger partial charge in [0.1, 0.15) is 11.3 Å². The van der Waals surface area contributed by atoms with E-state index in [-0.39, 0.29) is 11.5 Å². The second kappa shape index (κ2) is 8.34. The van der Waals surface area contributed by atoms with Crippen LogP contribution in [-0.2, 0) is 19.4 Å². The Bertz CT molecular complexity index is 1330. The molecule has 7 nitrogen and oxygen atoms in total. The molecule has 0 unspecified atom stereocenters. The molecular weight excluding hydrogens is 404 g/mol. The first-order valence-corrected chi connectivity index (χ1v) is 10.8. The van der Waals surface area contributed by atoms with E-state index in [4.69, 9.17) is 4.74 Å². The number of nitrogens with one attached hydrogen (secondary N) is 1. The summed E-state index contributed by atoms with van der Waals surface area (Å²) in [5.41, 5.74) is 5.02. The first-order valence-electron chi connectivity index (χ1n) is 10.8. The lowest BCUT2D eigenvalue weighted by Gasteiger charge is -2.10. The van der Waals surface area contributed by atoms with Gasteiger partial charge in [0.05, 0.1) is 19.3 Å². The van der Waals surface area contributed by atoms with Crippen LogP contribution in [0, 0.1) is 0 Å². The number of carbonyl (C=O) groups is 1. The lowest BCUT2D eigenvalue weighted by Crippen LogP contribution is -2.23. The molecule has 0 radical (unpaired) electrons. The van der Waals surface area contributed by atoms with Crippen molar-refractivity contribution < 1.29 is 9.53 Å². The zero-order valence-corrected chi connectivity index (χ0v) is 17.9. The zero-order chi connectivity index (χ0) is 22.1. The van der Waals surface area contributed by atoms with Crippen molar-refractivity contribution in [2.75, 3.05) is 12.4 Å². The lowest BCUT2D eigenvalue weighted by molar-refractivity contribution is 0.102. The summed E-state index contributed by atoms with van der Waals surface area (Å²) < 4.78 is 8.56. The Kier molecular flexibility index (Phi) is 5.23. The topological polar surface area (TPSA) is 77.6 Å². The van der Waals surface area contributed by atoms with Gasteiger partial charge in [0.25, 0.3) is 11.5 Å². The highest BCUT2D eigenvalue weighted by atomic mass is 16.5. The Morgan fingerprint density at radius 3 is 2.53 bits per heavy atom. The highest BCUT2D eigenvalue weighted by Gasteiger charge is 2.19. The van der Waals surface area contributed by atoms with Crippen LogP contribution >= 0.6 is 0 Å². The first kappa shape index (κ1) is 20.1. The summed E-state index contributed by atoms with van der Waals surface area (Å²) in [6, 6.07) is 14.5. The lowest BCUT2D eigenvalue weighted by atomic mass is 9.97. The third-order valence-electron chi connectivity index (χ3n) is 5.95. The molecule has 0 spiro atoms. The maximum Gasteiger partial charge on any atom is 0.277 e. The van der Waals surface area contributed by atoms with Gasteiger partial charge in [0.2, 0.25) is 0 Å². The number of fused-ring (bicyclic) bond motifs is 3. The Labute approximate surface area is 185 Å². The van der Waals surface area contributed by atoms with Crippen molar-refractivity contribution in [1.82, 2.24) is 14.2 Å². The monoisotopic (exact) mass is 428 g/mol. The van der Waals surface area contributed by atoms with E-state index in [1.54, 1.807) is 58.8 Å². The number of carbonyl (C=O) groups excluding carboxylic acids is 1. The number of aryl methyl sites for hydroxylation is 2. The van der Waals surface area contributed by atoms with Crippen molar-refractivity contribution in [3.63, 3.8) is 0 Å². The molecule has 4 aromatic rings. The number of anilines is 1. The van der Waals surface area contributed by atoms with E-state index in [1.165, 1.54) is 0 Å². The standard InChI is InChI=1S/C25H24N4O3/c1-32-20-12-10-19(11-13-20)26-24(30)18-8-6-17(7-9-18)16-28-14-15-29-23(25(28)31)21-4-2-3-5-22(21)27-29/h6-15H,2-5,16H2,1H3,(H,26,30). The van der Waals surface area contributed by atoms with Gasteiger partial charge in [0.15, 0.2) is 0 Å². The number of aromatic nitrogens is 3. The van der Waals surface area contributed by atoms with Crippen LogP contribution in [0.15, 0.2) is 65.7 Å². The highest BCUT2D eigenvalue weighted by molar-refractivity contribution is 6.04. The Morgan fingerprint density at radius 1 is 1.03 bits per heavy atom. The van der Waals surface area contributed by atoms with Gasteiger partial charge < -0.3 is 14.6 Å². The van der Waals surface area contributed by atoms with Gasteiger partial charge >= 0.3 is 0 Å². The molecule has 2 aromatic carbocycles. The van der Waals surface area contributed by atoms with Crippen LogP contribution in [-0.4, -0.2) is 27.2 Å². The van der Waals surface area contributed by atoms with E-state index in [1.807, 2.05) is 18.3 Å². The van der Waals surface area contributed by atoms with Crippen molar-refractivity contribution in [2.45, 2.75) is 32.2 Å². The molecule has 32 heavy (non-hydrogen) atoms. The number of nitrogens with zero attached hydrogens (tertiary/aromatic N) is 3. The minimum atomic E-state index is -0.189. The fraction of sp³-hybridized carbons (Fsp3) is 0.240. The number of hydrogen-bond acceptors (Lipinski definition) is 4. The number of hydrogen-bond donors (Lipinski definition) is 1. The summed E-state index contributed by atoms with van der Waals surface area (Å²) in [6.07, 6.45) is 7.71. The number of amides is 1. The summed E-state index contributed by atoms with van der Waals surface area (Å²) in [4.78, 5) is 25.7. The predicted molar refractivity (Wildman–Crippen MR) is 123 cm³/mol. The van der Waals surface area contributed by atoms with Crippen LogP contribution in [0.3, 0.4) is 0 Å². The van der Waals surface area contributed by atoms with Crippen LogP contribution in [0.5, 0.6) is 5.75 Å². The summed E-state index contributed by atoms with van der Waals surface area (Å²) in [7, 11) is 1.60. The van der Waals surface area contributed by atoms with Crippen molar-refractivity contribution in [2.24, 2.45) is 0 Å². The highest BCUT2D eigenvalue weighted by Crippen LogP contribution is 2.23. The summed E-state index contributed by atoms with van der Waals surface area (Å²) in [5.74, 6) is 0.545. The molecule has 0 aliphatic heterocycles. The smallest absolute Gasteiger partial charge is 0.277 e. The quantitative estimate of drug-likeness (QED) is 0.526. The van der Waals surface area contributed by atoms with E-state index in [0.717, 1.165) is 48.3 Å². The number of benzene rings is 2. The molecule has 2 heterocycles. The number of ether oxygens (including phenoxy) is 1. The summed E-state index contributed by atoms with van der Waals surface area (Å²) in [5, 5.41) is 7.46. The minimum Gasteiger partial charge on any atom is -0.497 e. The minimum absolute atomic E-state index is 0.0236. The van der Waals surface area contributed by atoms with Crippen LogP contribution in [0.2, 0.25) is 0 Å². The van der Waals surface area contributed by atoms with Gasteiger partial charge in [-0.1, -0.05) is 12.1 Å². The van der Waals surface area contributed by atoms with Gasteiger partial charge in [-0.3, -0.25) is 9.59 Å². The SMILES string of the molecule is COc1ccc(NC(=O)c2ccc(Cn3ccn4nc5c(c4c3=O)CCCC5)cc2)cc1. The number of rotatable bonds is 5. The molecule has 1 aliphatic rings. The molecule has 2 aromatic heterocycles. The van der Waals surface area contributed by atoms with Gasteiger partial charge in [-0.25, -0.2) is 4.52 Å². The van der Waals surface area contributed by atoms with Gasteiger partial charge in [0, 0.05) is 29.2 Å². The van der Waals surface area contributed by atoms with Crippen LogP contribution in [0.1, 0.15) is 40.0 Å². The van der Waals surface area contributed by atoms with Crippen LogP contribution in [0.4, 0.5) is 5.69 Å². The molecule has 1 N–H and O–H groups in total. The Hall–Kier alpha value is -3.87. The first-order chi connectivity index (χ1) is 15.6. The maximum absolute atomic E-state index is 13.1. The van der Waals surface area contributed by atoms with Crippen molar-refractivity contribution >= 4 is 17.1 Å². The third kappa shape index (κ3) is 3.77. The molecule has 7 heteroatoms. The fourth-order valence-corrected chi connectivity index (χ4v) is 4.22. The van der Waals surface area contributed by atoms with E-state index < -0.39 is 0 Å². The predicted octanol–water partition coefficient (Wildman–Crippen LogP) is 3.68. The van der Waals surface area contributed by atoms with Gasteiger partial charge in [-0.15, -0.1) is 0 Å². The molecule has 5 rings (SSSR count). The molecule has 0 saturated heterocycles. The van der Waals surface area contributed by atoms with Gasteiger partial charge in [-0.05, 0) is 67.6 Å². The van der Waals surface area contributed by atoms with Crippen molar-refractivity contribution in [1.29, 1.82) is 0 Å². The van der Waals surface area contributed by atoms with Gasteiger partial charge in [-0.2, -0.15) is 5.10 Å². The fourth-order valence-electron chi connectivity index (χ4n) is 4.22. The largest absolute Gasteiger partial charge is 0.497 e. The molecule has 0 saturated carbocycles. The second-order valence-corrected chi connectivity index (χ2v) is 8.04. The molecule has 0 atom stereocenters.